The molecular formula is C11H15N3. The van der Waals surface area contributed by atoms with E-state index in [4.69, 9.17) is 5.73 Å². The first-order chi connectivity index (χ1) is 6.74. The van der Waals surface area contributed by atoms with Gasteiger partial charge in [-0.05, 0) is 18.6 Å². The lowest BCUT2D eigenvalue weighted by atomic mass is 10.1. The maximum absolute atomic E-state index is 5.89. The molecule has 0 aliphatic carbocycles. The standard InChI is InChI=1S/C11H15N3/c1-3-11-13-7-10-9(8(2)12)5-4-6-14(10)11/h4-8H,3,12H2,1-2H3. The van der Waals surface area contributed by atoms with Gasteiger partial charge in [-0.2, -0.15) is 0 Å². The van der Waals surface area contributed by atoms with Gasteiger partial charge in [0.2, 0.25) is 0 Å². The average Bonchev–Trinajstić information content (AvgIpc) is 2.59. The molecule has 0 amide bonds. The van der Waals surface area contributed by atoms with Crippen LogP contribution in [0.5, 0.6) is 0 Å². The zero-order chi connectivity index (χ0) is 10.1. The molecule has 2 rings (SSSR count). The number of nitrogens with two attached hydrogens (primary N) is 1. The predicted octanol–water partition coefficient (Wildman–Crippen LogP) is 1.92. The Morgan fingerprint density at radius 3 is 3.00 bits per heavy atom. The van der Waals surface area contributed by atoms with E-state index in [9.17, 15) is 0 Å². The first-order valence-electron chi connectivity index (χ1n) is 4.94. The Balaban J connectivity index is 2.70. The monoisotopic (exact) mass is 189 g/mol. The van der Waals surface area contributed by atoms with Crippen molar-refractivity contribution in [3.05, 3.63) is 35.9 Å². The van der Waals surface area contributed by atoms with E-state index in [1.54, 1.807) is 0 Å². The van der Waals surface area contributed by atoms with Crippen LogP contribution in [0.1, 0.15) is 31.3 Å². The normalized spacial score (nSPS) is 13.4. The summed E-state index contributed by atoms with van der Waals surface area (Å²) in [6.07, 6.45) is 4.88. The van der Waals surface area contributed by atoms with Crippen LogP contribution < -0.4 is 5.73 Å². The number of rotatable bonds is 2. The summed E-state index contributed by atoms with van der Waals surface area (Å²) in [6.45, 7) is 4.10. The first kappa shape index (κ1) is 9.21. The van der Waals surface area contributed by atoms with Crippen LogP contribution in [0.25, 0.3) is 5.52 Å². The van der Waals surface area contributed by atoms with Crippen molar-refractivity contribution >= 4 is 5.52 Å². The van der Waals surface area contributed by atoms with E-state index >= 15 is 0 Å². The van der Waals surface area contributed by atoms with E-state index in [2.05, 4.69) is 22.4 Å². The summed E-state index contributed by atoms with van der Waals surface area (Å²) in [6, 6.07) is 4.13. The second kappa shape index (κ2) is 3.42. The van der Waals surface area contributed by atoms with E-state index in [-0.39, 0.29) is 6.04 Å². The molecule has 2 N–H and O–H groups in total. The van der Waals surface area contributed by atoms with Crippen LogP contribution in [0.3, 0.4) is 0 Å². The Labute approximate surface area is 83.6 Å². The van der Waals surface area contributed by atoms with Gasteiger partial charge in [0.1, 0.15) is 5.82 Å². The van der Waals surface area contributed by atoms with Crippen LogP contribution in [-0.2, 0) is 6.42 Å². The highest BCUT2D eigenvalue weighted by molar-refractivity contribution is 5.55. The molecule has 0 aromatic carbocycles. The van der Waals surface area contributed by atoms with Crippen LogP contribution in [0.4, 0.5) is 0 Å². The van der Waals surface area contributed by atoms with Gasteiger partial charge in [-0.15, -0.1) is 0 Å². The molecule has 0 saturated heterocycles. The van der Waals surface area contributed by atoms with Gasteiger partial charge in [-0.1, -0.05) is 13.0 Å². The van der Waals surface area contributed by atoms with Gasteiger partial charge in [0, 0.05) is 18.7 Å². The molecule has 2 aromatic heterocycles. The quantitative estimate of drug-likeness (QED) is 0.784. The molecule has 0 saturated carbocycles. The minimum Gasteiger partial charge on any atom is -0.324 e. The number of hydrogen-bond donors (Lipinski definition) is 1. The Kier molecular flexibility index (Phi) is 2.25. The van der Waals surface area contributed by atoms with Crippen molar-refractivity contribution in [2.24, 2.45) is 5.73 Å². The molecule has 1 atom stereocenters. The molecule has 0 bridgehead atoms. The van der Waals surface area contributed by atoms with Gasteiger partial charge >= 0.3 is 0 Å². The fourth-order valence-electron chi connectivity index (χ4n) is 1.74. The lowest BCUT2D eigenvalue weighted by molar-refractivity contribution is 0.816. The molecular weight excluding hydrogens is 174 g/mol. The van der Waals surface area contributed by atoms with Crippen molar-refractivity contribution in [3.8, 4) is 0 Å². The molecule has 0 spiro atoms. The lowest BCUT2D eigenvalue weighted by Crippen LogP contribution is -2.06. The Morgan fingerprint density at radius 1 is 1.57 bits per heavy atom. The lowest BCUT2D eigenvalue weighted by Gasteiger charge is -2.07. The summed E-state index contributed by atoms with van der Waals surface area (Å²) >= 11 is 0. The molecule has 0 aliphatic rings. The van der Waals surface area contributed by atoms with E-state index in [1.165, 1.54) is 0 Å². The minimum absolute atomic E-state index is 0.0557. The second-order valence-corrected chi connectivity index (χ2v) is 3.54. The molecule has 1 unspecified atom stereocenters. The largest absolute Gasteiger partial charge is 0.324 e. The highest BCUT2D eigenvalue weighted by Crippen LogP contribution is 2.18. The van der Waals surface area contributed by atoms with Gasteiger partial charge in [-0.3, -0.25) is 0 Å². The predicted molar refractivity (Wildman–Crippen MR) is 57.2 cm³/mol. The molecule has 14 heavy (non-hydrogen) atoms. The maximum atomic E-state index is 5.89. The highest BCUT2D eigenvalue weighted by atomic mass is 15.0. The molecule has 3 heteroatoms. The number of hydrogen-bond acceptors (Lipinski definition) is 2. The zero-order valence-corrected chi connectivity index (χ0v) is 8.57. The first-order valence-corrected chi connectivity index (χ1v) is 4.94. The van der Waals surface area contributed by atoms with Crippen molar-refractivity contribution in [3.63, 3.8) is 0 Å². The Hall–Kier alpha value is -1.35. The van der Waals surface area contributed by atoms with Crippen LogP contribution in [0.2, 0.25) is 0 Å². The molecule has 2 heterocycles. The van der Waals surface area contributed by atoms with Crippen molar-refractivity contribution in [2.45, 2.75) is 26.3 Å². The molecule has 2 aromatic rings. The van der Waals surface area contributed by atoms with Gasteiger partial charge in [0.15, 0.2) is 0 Å². The van der Waals surface area contributed by atoms with E-state index in [0.717, 1.165) is 23.3 Å². The number of nitrogens with zero attached hydrogens (tertiary/aromatic N) is 2. The fourth-order valence-corrected chi connectivity index (χ4v) is 1.74. The molecule has 0 fully saturated rings. The van der Waals surface area contributed by atoms with Crippen molar-refractivity contribution in [1.29, 1.82) is 0 Å². The fraction of sp³-hybridized carbons (Fsp3) is 0.364. The minimum atomic E-state index is 0.0557. The molecule has 3 nitrogen and oxygen atoms in total. The van der Waals surface area contributed by atoms with Gasteiger partial charge in [-0.25, -0.2) is 4.98 Å². The topological polar surface area (TPSA) is 43.3 Å². The van der Waals surface area contributed by atoms with Gasteiger partial charge in [0.05, 0.1) is 11.7 Å². The van der Waals surface area contributed by atoms with Gasteiger partial charge in [0.25, 0.3) is 0 Å². The van der Waals surface area contributed by atoms with E-state index in [0.29, 0.717) is 0 Å². The zero-order valence-electron chi connectivity index (χ0n) is 8.57. The third kappa shape index (κ3) is 1.30. The number of fused-ring (bicyclic) bond motifs is 1. The third-order valence-electron chi connectivity index (χ3n) is 2.49. The van der Waals surface area contributed by atoms with Crippen molar-refractivity contribution in [2.75, 3.05) is 0 Å². The van der Waals surface area contributed by atoms with Crippen LogP contribution in [0.15, 0.2) is 24.5 Å². The van der Waals surface area contributed by atoms with Crippen molar-refractivity contribution in [1.82, 2.24) is 9.38 Å². The van der Waals surface area contributed by atoms with E-state index in [1.807, 2.05) is 25.4 Å². The Morgan fingerprint density at radius 2 is 2.36 bits per heavy atom. The summed E-state index contributed by atoms with van der Waals surface area (Å²) in [7, 11) is 0. The van der Waals surface area contributed by atoms with Crippen LogP contribution in [-0.4, -0.2) is 9.38 Å². The Bertz CT molecular complexity index is 443. The second-order valence-electron chi connectivity index (χ2n) is 3.54. The summed E-state index contributed by atoms with van der Waals surface area (Å²) < 4.78 is 2.11. The molecule has 0 aliphatic heterocycles. The maximum Gasteiger partial charge on any atom is 0.112 e. The van der Waals surface area contributed by atoms with Crippen LogP contribution in [0, 0.1) is 0 Å². The summed E-state index contributed by atoms with van der Waals surface area (Å²) in [5, 5.41) is 0. The number of aromatic nitrogens is 2. The average molecular weight is 189 g/mol. The van der Waals surface area contributed by atoms with E-state index < -0.39 is 0 Å². The smallest absolute Gasteiger partial charge is 0.112 e. The summed E-state index contributed by atoms with van der Waals surface area (Å²) in [5.41, 5.74) is 8.17. The molecule has 74 valence electrons. The summed E-state index contributed by atoms with van der Waals surface area (Å²) in [4.78, 5) is 4.36. The third-order valence-corrected chi connectivity index (χ3v) is 2.49. The number of aryl methyl sites for hydroxylation is 1. The molecule has 0 radical (unpaired) electrons. The van der Waals surface area contributed by atoms with Gasteiger partial charge < -0.3 is 10.1 Å². The van der Waals surface area contributed by atoms with Crippen LogP contribution >= 0.6 is 0 Å². The SMILES string of the molecule is CCc1ncc2c(C(C)N)cccn12. The number of pyridine rings is 1. The highest BCUT2D eigenvalue weighted by Gasteiger charge is 2.07. The summed E-state index contributed by atoms with van der Waals surface area (Å²) in [5.74, 6) is 1.09. The van der Waals surface area contributed by atoms with Crippen molar-refractivity contribution < 1.29 is 0 Å². The number of imidazole rings is 1.